The molecule has 3 aromatic rings. The zero-order valence-electron chi connectivity index (χ0n) is 19.6. The molecule has 0 N–H and O–H groups in total. The molecule has 2 aromatic carbocycles. The second-order valence-electron chi connectivity index (χ2n) is 9.22. The molecule has 0 bridgehead atoms. The van der Waals surface area contributed by atoms with E-state index in [2.05, 4.69) is 76.0 Å². The van der Waals surface area contributed by atoms with Crippen molar-refractivity contribution in [2.24, 2.45) is 0 Å². The largest absolute Gasteiger partial charge is 0.327 e. The fourth-order valence-electron chi connectivity index (χ4n) is 4.89. The van der Waals surface area contributed by atoms with Gasteiger partial charge in [0.15, 0.2) is 0 Å². The summed E-state index contributed by atoms with van der Waals surface area (Å²) >= 11 is 4.01. The van der Waals surface area contributed by atoms with Gasteiger partial charge in [0.2, 0.25) is 0 Å². The maximum atomic E-state index is 4.01. The van der Waals surface area contributed by atoms with Crippen molar-refractivity contribution in [3.8, 4) is 0 Å². The van der Waals surface area contributed by atoms with E-state index in [0.29, 0.717) is 4.95 Å². The van der Waals surface area contributed by atoms with Gasteiger partial charge in [0, 0.05) is 10.8 Å². The van der Waals surface area contributed by atoms with Crippen LogP contribution in [-0.2, 0) is 0 Å². The summed E-state index contributed by atoms with van der Waals surface area (Å²) in [6.45, 7) is 2.30. The van der Waals surface area contributed by atoms with Crippen LogP contribution in [0.2, 0.25) is 0 Å². The van der Waals surface area contributed by atoms with Crippen LogP contribution in [0.5, 0.6) is 0 Å². The predicted molar refractivity (Wildman–Crippen MR) is 142 cm³/mol. The topological polar surface area (TPSA) is 4.93 Å². The number of rotatable bonds is 16. The molecule has 1 atom stereocenters. The highest BCUT2D eigenvalue weighted by molar-refractivity contribution is 9.09. The fourth-order valence-corrected chi connectivity index (χ4v) is 5.66. The third-order valence-electron chi connectivity index (χ3n) is 6.69. The van der Waals surface area contributed by atoms with Gasteiger partial charge in [0.25, 0.3) is 0 Å². The first-order valence-corrected chi connectivity index (χ1v) is 13.9. The fraction of sp³-hybridized carbons (Fsp3) is 0.586. The van der Waals surface area contributed by atoms with E-state index in [-0.39, 0.29) is 0 Å². The quantitative estimate of drug-likeness (QED) is 0.141. The number of nitrogens with zero attached hydrogens (tertiary/aromatic N) is 1. The first-order valence-electron chi connectivity index (χ1n) is 12.9. The van der Waals surface area contributed by atoms with Crippen LogP contribution in [0.4, 0.5) is 0 Å². The SMILES string of the molecule is CCCCCCCCCCCCCCCCC(Br)n1c2ccccc2c2ccccc21. The summed E-state index contributed by atoms with van der Waals surface area (Å²) < 4.78 is 2.49. The molecule has 3 rings (SSSR count). The minimum absolute atomic E-state index is 0.370. The molecule has 1 heterocycles. The molecule has 0 aliphatic heterocycles. The Hall–Kier alpha value is -1.28. The van der Waals surface area contributed by atoms with Crippen molar-refractivity contribution in [1.29, 1.82) is 0 Å². The summed E-state index contributed by atoms with van der Waals surface area (Å²) in [6, 6.07) is 17.6. The smallest absolute Gasteiger partial charge is 0.0895 e. The third-order valence-corrected chi connectivity index (χ3v) is 7.56. The number of unbranched alkanes of at least 4 members (excludes halogenated alkanes) is 13. The number of hydrogen-bond donors (Lipinski definition) is 0. The number of hydrogen-bond acceptors (Lipinski definition) is 0. The van der Waals surface area contributed by atoms with Crippen LogP contribution < -0.4 is 0 Å². The molecular formula is C29H42BrN. The van der Waals surface area contributed by atoms with Gasteiger partial charge in [0.05, 0.1) is 16.0 Å². The number of fused-ring (bicyclic) bond motifs is 3. The highest BCUT2D eigenvalue weighted by Gasteiger charge is 2.15. The van der Waals surface area contributed by atoms with Gasteiger partial charge < -0.3 is 4.57 Å². The molecule has 1 nitrogen and oxygen atoms in total. The number of para-hydroxylation sites is 2. The molecule has 0 spiro atoms. The van der Waals surface area contributed by atoms with Crippen molar-refractivity contribution < 1.29 is 0 Å². The van der Waals surface area contributed by atoms with E-state index in [0.717, 1.165) is 0 Å². The average molecular weight is 485 g/mol. The Labute approximate surface area is 198 Å². The lowest BCUT2D eigenvalue weighted by molar-refractivity contribution is 0.525. The van der Waals surface area contributed by atoms with E-state index in [1.54, 1.807) is 0 Å². The van der Waals surface area contributed by atoms with Crippen molar-refractivity contribution in [3.63, 3.8) is 0 Å². The van der Waals surface area contributed by atoms with Gasteiger partial charge in [0.1, 0.15) is 0 Å². The van der Waals surface area contributed by atoms with Crippen LogP contribution >= 0.6 is 15.9 Å². The van der Waals surface area contributed by atoms with Gasteiger partial charge in [-0.3, -0.25) is 0 Å². The van der Waals surface area contributed by atoms with Crippen LogP contribution in [0, 0.1) is 0 Å². The molecule has 0 aliphatic carbocycles. The Kier molecular flexibility index (Phi) is 11.0. The first-order chi connectivity index (χ1) is 15.3. The van der Waals surface area contributed by atoms with Crippen molar-refractivity contribution in [3.05, 3.63) is 48.5 Å². The minimum atomic E-state index is 0.370. The molecule has 0 aliphatic rings. The Morgan fingerprint density at radius 2 is 0.968 bits per heavy atom. The number of aromatic nitrogens is 1. The summed E-state index contributed by atoms with van der Waals surface area (Å²) in [4.78, 5) is 0.370. The van der Waals surface area contributed by atoms with E-state index >= 15 is 0 Å². The molecule has 0 fully saturated rings. The molecule has 0 amide bonds. The summed E-state index contributed by atoms with van der Waals surface area (Å²) in [5.41, 5.74) is 2.69. The highest BCUT2D eigenvalue weighted by atomic mass is 79.9. The molecule has 31 heavy (non-hydrogen) atoms. The van der Waals surface area contributed by atoms with Gasteiger partial charge >= 0.3 is 0 Å². The number of halogens is 1. The maximum Gasteiger partial charge on any atom is 0.0895 e. The van der Waals surface area contributed by atoms with Crippen LogP contribution in [0.15, 0.2) is 48.5 Å². The third kappa shape index (κ3) is 7.38. The second-order valence-corrected chi connectivity index (χ2v) is 10.3. The number of benzene rings is 2. The minimum Gasteiger partial charge on any atom is -0.327 e. The summed E-state index contributed by atoms with van der Waals surface area (Å²) in [5.74, 6) is 0. The van der Waals surface area contributed by atoms with Crippen LogP contribution in [-0.4, -0.2) is 4.57 Å². The van der Waals surface area contributed by atoms with Crippen LogP contribution in [0.3, 0.4) is 0 Å². The Bertz CT molecular complexity index is 827. The van der Waals surface area contributed by atoms with Gasteiger partial charge in [-0.25, -0.2) is 0 Å². The normalized spacial score (nSPS) is 12.7. The zero-order valence-corrected chi connectivity index (χ0v) is 21.2. The Morgan fingerprint density at radius 3 is 1.42 bits per heavy atom. The van der Waals surface area contributed by atoms with Crippen LogP contribution in [0.1, 0.15) is 108 Å². The Morgan fingerprint density at radius 1 is 0.581 bits per heavy atom. The predicted octanol–water partition coefficient (Wildman–Crippen LogP) is 10.6. The molecule has 0 saturated heterocycles. The lowest BCUT2D eigenvalue weighted by Crippen LogP contribution is -2.01. The number of alkyl halides is 1. The van der Waals surface area contributed by atoms with E-state index in [9.17, 15) is 0 Å². The molecule has 1 aromatic heterocycles. The summed E-state index contributed by atoms with van der Waals surface area (Å²) in [6.07, 6.45) is 21.0. The van der Waals surface area contributed by atoms with Crippen molar-refractivity contribution in [2.45, 2.75) is 108 Å². The first kappa shape index (κ1) is 24.4. The highest BCUT2D eigenvalue weighted by Crippen LogP contribution is 2.35. The maximum absolute atomic E-state index is 4.01. The van der Waals surface area contributed by atoms with Crippen molar-refractivity contribution >= 4 is 37.7 Å². The second kappa shape index (κ2) is 14.0. The standard InChI is InChI=1S/C29H42BrN/c1-2-3-4-5-6-7-8-9-10-11-12-13-14-15-24-29(30)31-27-22-18-16-20-25(27)26-21-17-19-23-28(26)31/h16-23,29H,2-15,24H2,1H3. The molecular weight excluding hydrogens is 442 g/mol. The summed E-state index contributed by atoms with van der Waals surface area (Å²) in [7, 11) is 0. The zero-order chi connectivity index (χ0) is 21.7. The molecule has 2 heteroatoms. The van der Waals surface area contributed by atoms with E-state index < -0.39 is 0 Å². The lowest BCUT2D eigenvalue weighted by atomic mass is 10.0. The van der Waals surface area contributed by atoms with E-state index in [1.165, 1.54) is 118 Å². The van der Waals surface area contributed by atoms with Gasteiger partial charge in [-0.2, -0.15) is 0 Å². The van der Waals surface area contributed by atoms with E-state index in [4.69, 9.17) is 0 Å². The van der Waals surface area contributed by atoms with Gasteiger partial charge in [-0.1, -0.05) is 149 Å². The van der Waals surface area contributed by atoms with E-state index in [1.807, 2.05) is 0 Å². The average Bonchev–Trinajstić information content (AvgIpc) is 3.14. The molecule has 170 valence electrons. The molecule has 0 saturated carbocycles. The van der Waals surface area contributed by atoms with Gasteiger partial charge in [-0.05, 0) is 18.6 Å². The molecule has 0 radical (unpaired) electrons. The summed E-state index contributed by atoms with van der Waals surface area (Å²) in [5, 5.41) is 2.73. The Balaban J connectivity index is 1.30. The monoisotopic (exact) mass is 483 g/mol. The van der Waals surface area contributed by atoms with Crippen LogP contribution in [0.25, 0.3) is 21.8 Å². The molecule has 1 unspecified atom stereocenters. The van der Waals surface area contributed by atoms with Gasteiger partial charge in [-0.15, -0.1) is 0 Å². The van der Waals surface area contributed by atoms with Crippen molar-refractivity contribution in [2.75, 3.05) is 0 Å². The van der Waals surface area contributed by atoms with Crippen molar-refractivity contribution in [1.82, 2.24) is 4.57 Å². The lowest BCUT2D eigenvalue weighted by Gasteiger charge is -2.15.